The molecular weight excluding hydrogens is 476 g/mol. The number of nitrogens with zero attached hydrogens (tertiary/aromatic N) is 5. The second kappa shape index (κ2) is 10.7. The maximum Gasteiger partial charge on any atom is 0.298 e. The topological polar surface area (TPSA) is 143 Å². The number of hydrogen-bond donors (Lipinski definition) is 1. The van der Waals surface area contributed by atoms with Gasteiger partial charge in [-0.15, -0.1) is 5.10 Å². The molecule has 0 fully saturated rings. The first-order chi connectivity index (χ1) is 16.6. The van der Waals surface area contributed by atoms with Crippen molar-refractivity contribution in [3.8, 4) is 17.1 Å². The van der Waals surface area contributed by atoms with Gasteiger partial charge < -0.3 is 20.1 Å². The van der Waals surface area contributed by atoms with Crippen LogP contribution in [0.25, 0.3) is 16.9 Å². The fourth-order valence-corrected chi connectivity index (χ4v) is 4.90. The van der Waals surface area contributed by atoms with Gasteiger partial charge in [0.25, 0.3) is 5.56 Å². The van der Waals surface area contributed by atoms with E-state index in [0.29, 0.717) is 30.3 Å². The van der Waals surface area contributed by atoms with Crippen LogP contribution in [0.1, 0.15) is 31.8 Å². The van der Waals surface area contributed by atoms with Crippen molar-refractivity contribution >= 4 is 15.5 Å². The molecule has 0 bridgehead atoms. The van der Waals surface area contributed by atoms with Crippen molar-refractivity contribution in [1.82, 2.24) is 23.6 Å². The second-order valence-electron chi connectivity index (χ2n) is 7.90. The van der Waals surface area contributed by atoms with Gasteiger partial charge in [0.05, 0.1) is 29.3 Å². The van der Waals surface area contributed by atoms with Crippen molar-refractivity contribution in [3.63, 3.8) is 0 Å². The number of aromatic nitrogens is 4. The SMILES string of the molecule is CCCc1nc(C)c2c(=O)n(N)c(-c3cc(S(=O)(=O)N(C)CC(OC)OC)ccc3OCC)nn12. The Morgan fingerprint density at radius 2 is 1.89 bits per heavy atom. The molecule has 0 radical (unpaired) electrons. The maximum atomic E-state index is 13.3. The zero-order valence-corrected chi connectivity index (χ0v) is 21.6. The molecule has 2 heterocycles. The van der Waals surface area contributed by atoms with Gasteiger partial charge in [-0.1, -0.05) is 6.92 Å². The first kappa shape index (κ1) is 26.6. The van der Waals surface area contributed by atoms with E-state index in [-0.39, 0.29) is 28.3 Å². The van der Waals surface area contributed by atoms with E-state index in [1.807, 2.05) is 6.92 Å². The molecule has 2 N–H and O–H groups in total. The summed E-state index contributed by atoms with van der Waals surface area (Å²) in [5, 5.41) is 4.59. The minimum Gasteiger partial charge on any atom is -0.493 e. The normalized spacial score (nSPS) is 12.2. The minimum absolute atomic E-state index is 0.0294. The highest BCUT2D eigenvalue weighted by molar-refractivity contribution is 7.89. The minimum atomic E-state index is -3.95. The van der Waals surface area contributed by atoms with Crippen molar-refractivity contribution in [2.24, 2.45) is 0 Å². The van der Waals surface area contributed by atoms with Gasteiger partial charge in [0.1, 0.15) is 11.6 Å². The van der Waals surface area contributed by atoms with E-state index < -0.39 is 21.9 Å². The van der Waals surface area contributed by atoms with Crippen LogP contribution in [0.2, 0.25) is 0 Å². The Labute approximate surface area is 204 Å². The number of imidazole rings is 1. The molecule has 0 saturated carbocycles. The van der Waals surface area contributed by atoms with Crippen molar-refractivity contribution in [3.05, 3.63) is 40.1 Å². The number of sulfonamides is 1. The number of benzene rings is 1. The Bertz CT molecular complexity index is 1360. The van der Waals surface area contributed by atoms with Crippen LogP contribution in [0.4, 0.5) is 0 Å². The van der Waals surface area contributed by atoms with E-state index >= 15 is 0 Å². The summed E-state index contributed by atoms with van der Waals surface area (Å²) in [7, 11) is 0.324. The van der Waals surface area contributed by atoms with Crippen LogP contribution in [0.3, 0.4) is 0 Å². The number of rotatable bonds is 11. The van der Waals surface area contributed by atoms with Crippen LogP contribution in [-0.4, -0.2) is 72.7 Å². The third-order valence-corrected chi connectivity index (χ3v) is 7.36. The average Bonchev–Trinajstić information content (AvgIpc) is 3.15. The van der Waals surface area contributed by atoms with Crippen LogP contribution in [0, 0.1) is 6.92 Å². The van der Waals surface area contributed by atoms with Crippen molar-refractivity contribution in [2.75, 3.05) is 40.3 Å². The van der Waals surface area contributed by atoms with Gasteiger partial charge in [-0.05, 0) is 38.5 Å². The number of methoxy groups -OCH3 is 2. The predicted molar refractivity (Wildman–Crippen MR) is 130 cm³/mol. The molecule has 1 aromatic carbocycles. The highest BCUT2D eigenvalue weighted by Gasteiger charge is 2.27. The predicted octanol–water partition coefficient (Wildman–Crippen LogP) is 1.17. The molecule has 35 heavy (non-hydrogen) atoms. The smallest absolute Gasteiger partial charge is 0.298 e. The summed E-state index contributed by atoms with van der Waals surface area (Å²) in [6.45, 7) is 5.79. The summed E-state index contributed by atoms with van der Waals surface area (Å²) in [4.78, 5) is 17.6. The summed E-state index contributed by atoms with van der Waals surface area (Å²) >= 11 is 0. The average molecular weight is 509 g/mol. The lowest BCUT2D eigenvalue weighted by Crippen LogP contribution is -2.36. The molecule has 3 rings (SSSR count). The molecule has 0 amide bonds. The van der Waals surface area contributed by atoms with Crippen LogP contribution in [-0.2, 0) is 25.9 Å². The number of nitrogen functional groups attached to an aromatic ring is 1. The fraction of sp³-hybridized carbons (Fsp3) is 0.500. The Kier molecular flexibility index (Phi) is 8.15. The molecule has 0 aliphatic rings. The van der Waals surface area contributed by atoms with Crippen LogP contribution in [0.5, 0.6) is 5.75 Å². The summed E-state index contributed by atoms with van der Waals surface area (Å²) in [5.41, 5.74) is 0.543. The fourth-order valence-electron chi connectivity index (χ4n) is 3.71. The number of nitrogens with two attached hydrogens (primary N) is 1. The number of aryl methyl sites for hydroxylation is 2. The Hall–Kier alpha value is -3.00. The third kappa shape index (κ3) is 5.03. The van der Waals surface area contributed by atoms with Crippen molar-refractivity contribution in [2.45, 2.75) is 44.8 Å². The van der Waals surface area contributed by atoms with Gasteiger partial charge in [0.15, 0.2) is 17.6 Å². The van der Waals surface area contributed by atoms with E-state index in [1.54, 1.807) is 13.8 Å². The van der Waals surface area contributed by atoms with Crippen molar-refractivity contribution < 1.29 is 22.6 Å². The summed E-state index contributed by atoms with van der Waals surface area (Å²) in [6.07, 6.45) is 0.666. The molecule has 0 unspecified atom stereocenters. The van der Waals surface area contributed by atoms with Gasteiger partial charge in [0.2, 0.25) is 10.0 Å². The number of hydrogen-bond acceptors (Lipinski definition) is 9. The molecule has 12 nitrogen and oxygen atoms in total. The van der Waals surface area contributed by atoms with Gasteiger partial charge in [-0.25, -0.2) is 22.6 Å². The highest BCUT2D eigenvalue weighted by Crippen LogP contribution is 2.32. The molecule has 13 heteroatoms. The van der Waals surface area contributed by atoms with E-state index in [1.165, 1.54) is 44.0 Å². The monoisotopic (exact) mass is 508 g/mol. The molecule has 192 valence electrons. The quantitative estimate of drug-likeness (QED) is 0.298. The molecule has 2 aromatic heterocycles. The molecule has 0 atom stereocenters. The van der Waals surface area contributed by atoms with Crippen LogP contribution in [0.15, 0.2) is 27.9 Å². The molecule has 3 aromatic rings. The Balaban J connectivity index is 2.23. The molecule has 0 aliphatic heterocycles. The summed E-state index contributed by atoms with van der Waals surface area (Å²) < 4.78 is 46.1. The van der Waals surface area contributed by atoms with Gasteiger partial charge in [-0.3, -0.25) is 4.79 Å². The van der Waals surface area contributed by atoms with E-state index in [0.717, 1.165) is 15.4 Å². The molecule has 0 aliphatic carbocycles. The van der Waals surface area contributed by atoms with E-state index in [4.69, 9.17) is 20.1 Å². The summed E-state index contributed by atoms with van der Waals surface area (Å²) in [5.74, 6) is 7.17. The first-order valence-corrected chi connectivity index (χ1v) is 12.6. The van der Waals surface area contributed by atoms with Gasteiger partial charge >= 0.3 is 0 Å². The Morgan fingerprint density at radius 1 is 1.20 bits per heavy atom. The lowest BCUT2D eigenvalue weighted by atomic mass is 10.2. The molecule has 0 spiro atoms. The zero-order chi connectivity index (χ0) is 25.9. The number of ether oxygens (including phenoxy) is 3. The van der Waals surface area contributed by atoms with Gasteiger partial charge in [-0.2, -0.15) is 4.31 Å². The summed E-state index contributed by atoms with van der Waals surface area (Å²) in [6, 6.07) is 4.34. The van der Waals surface area contributed by atoms with Gasteiger partial charge in [0, 0.05) is 27.7 Å². The lowest BCUT2D eigenvalue weighted by molar-refractivity contribution is -0.106. The highest BCUT2D eigenvalue weighted by atomic mass is 32.2. The van der Waals surface area contributed by atoms with E-state index in [2.05, 4.69) is 10.1 Å². The zero-order valence-electron chi connectivity index (χ0n) is 20.8. The van der Waals surface area contributed by atoms with Crippen molar-refractivity contribution in [1.29, 1.82) is 0 Å². The lowest BCUT2D eigenvalue weighted by Gasteiger charge is -2.22. The molecular formula is C22H32N6O6S. The second-order valence-corrected chi connectivity index (χ2v) is 9.94. The maximum absolute atomic E-state index is 13.3. The standard InChI is InChI=1S/C22H32N6O6S/c1-7-9-18-24-14(3)20-22(29)27(23)21(25-28(18)20)16-12-15(10-11-17(16)34-8-2)35(30,31)26(4)13-19(32-5)33-6/h10-12,19H,7-9,13,23H2,1-6H3. The van der Waals surface area contributed by atoms with Crippen LogP contribution >= 0.6 is 0 Å². The number of fused-ring (bicyclic) bond motifs is 1. The van der Waals surface area contributed by atoms with Crippen LogP contribution < -0.4 is 16.1 Å². The molecule has 0 saturated heterocycles. The van der Waals surface area contributed by atoms with E-state index in [9.17, 15) is 13.2 Å². The largest absolute Gasteiger partial charge is 0.493 e. The first-order valence-electron chi connectivity index (χ1n) is 11.2. The number of likely N-dealkylation sites (N-methyl/N-ethyl adjacent to an activating group) is 1. The third-order valence-electron chi connectivity index (χ3n) is 5.55. The Morgan fingerprint density at radius 3 is 2.49 bits per heavy atom.